The lowest BCUT2D eigenvalue weighted by molar-refractivity contribution is 0.333. The molecule has 0 aliphatic heterocycles. The van der Waals surface area contributed by atoms with E-state index < -0.39 is 12.1 Å². The molecule has 1 heterocycles. The van der Waals surface area contributed by atoms with Gasteiger partial charge in [-0.25, -0.2) is 0 Å². The molecule has 1 aromatic heterocycles. The molecule has 0 radical (unpaired) electrons. The van der Waals surface area contributed by atoms with Gasteiger partial charge in [-0.05, 0) is 11.6 Å². The largest absolute Gasteiger partial charge is 0.329 e. The molecule has 0 aromatic carbocycles. The number of nitrogens with zero attached hydrogens (tertiary/aromatic N) is 1. The Hall–Kier alpha value is -0.960. The molecule has 1 unspecified atom stereocenters. The molecule has 0 saturated carbocycles. The second-order valence-electron chi connectivity index (χ2n) is 3.14. The van der Waals surface area contributed by atoms with Crippen molar-refractivity contribution >= 4 is 0 Å². The number of aromatic nitrogens is 1. The molecular formula is C9H13FN2. The van der Waals surface area contributed by atoms with E-state index in [9.17, 15) is 4.39 Å². The highest BCUT2D eigenvalue weighted by atomic mass is 19.1. The molecule has 66 valence electrons. The van der Waals surface area contributed by atoms with E-state index in [0.29, 0.717) is 6.54 Å². The van der Waals surface area contributed by atoms with Crippen LogP contribution < -0.4 is 5.73 Å². The minimum Gasteiger partial charge on any atom is -0.329 e. The maximum absolute atomic E-state index is 12.6. The standard InChI is InChI=1S/C9H13FN2/c1-9(6-10,7-11)8-3-2-4-12-5-8/h2-5H,6-7,11H2,1H3. The average Bonchev–Trinajstić information content (AvgIpc) is 2.18. The van der Waals surface area contributed by atoms with Gasteiger partial charge in [0.25, 0.3) is 0 Å². The Labute approximate surface area is 71.6 Å². The average molecular weight is 168 g/mol. The van der Waals surface area contributed by atoms with E-state index in [1.54, 1.807) is 25.4 Å². The number of rotatable bonds is 3. The number of nitrogens with two attached hydrogens (primary N) is 1. The summed E-state index contributed by atoms with van der Waals surface area (Å²) < 4.78 is 12.6. The predicted molar refractivity (Wildman–Crippen MR) is 46.6 cm³/mol. The zero-order valence-corrected chi connectivity index (χ0v) is 7.13. The van der Waals surface area contributed by atoms with Crippen molar-refractivity contribution < 1.29 is 4.39 Å². The van der Waals surface area contributed by atoms with E-state index in [1.807, 2.05) is 6.07 Å². The van der Waals surface area contributed by atoms with Crippen LogP contribution in [0.2, 0.25) is 0 Å². The van der Waals surface area contributed by atoms with Crippen LogP contribution in [-0.2, 0) is 5.41 Å². The van der Waals surface area contributed by atoms with E-state index in [4.69, 9.17) is 5.73 Å². The summed E-state index contributed by atoms with van der Waals surface area (Å²) in [5.74, 6) is 0. The summed E-state index contributed by atoms with van der Waals surface area (Å²) in [6.45, 7) is 1.65. The van der Waals surface area contributed by atoms with E-state index >= 15 is 0 Å². The molecule has 0 spiro atoms. The predicted octanol–water partition coefficient (Wildman–Crippen LogP) is 1.27. The number of hydrogen-bond acceptors (Lipinski definition) is 2. The fraction of sp³-hybridized carbons (Fsp3) is 0.444. The van der Waals surface area contributed by atoms with Crippen molar-refractivity contribution in [3.63, 3.8) is 0 Å². The highest BCUT2D eigenvalue weighted by Gasteiger charge is 2.24. The van der Waals surface area contributed by atoms with Gasteiger partial charge in [0.1, 0.15) is 6.67 Å². The van der Waals surface area contributed by atoms with Crippen molar-refractivity contribution in [2.24, 2.45) is 5.73 Å². The Morgan fingerprint density at radius 2 is 2.42 bits per heavy atom. The fourth-order valence-corrected chi connectivity index (χ4v) is 0.969. The van der Waals surface area contributed by atoms with E-state index in [0.717, 1.165) is 5.56 Å². The summed E-state index contributed by atoms with van der Waals surface area (Å²) in [6.07, 6.45) is 3.32. The molecule has 0 saturated heterocycles. The van der Waals surface area contributed by atoms with E-state index in [-0.39, 0.29) is 0 Å². The van der Waals surface area contributed by atoms with Gasteiger partial charge in [0.2, 0.25) is 0 Å². The maximum Gasteiger partial charge on any atom is 0.100 e. The van der Waals surface area contributed by atoms with Crippen molar-refractivity contribution in [3.05, 3.63) is 30.1 Å². The first-order valence-electron chi connectivity index (χ1n) is 3.89. The van der Waals surface area contributed by atoms with Crippen molar-refractivity contribution in [2.75, 3.05) is 13.2 Å². The van der Waals surface area contributed by atoms with Gasteiger partial charge in [0, 0.05) is 24.4 Å². The van der Waals surface area contributed by atoms with Gasteiger partial charge in [-0.15, -0.1) is 0 Å². The molecular weight excluding hydrogens is 155 g/mol. The molecule has 2 N–H and O–H groups in total. The molecule has 0 aliphatic rings. The summed E-state index contributed by atoms with van der Waals surface area (Å²) in [6, 6.07) is 3.64. The molecule has 1 aromatic rings. The van der Waals surface area contributed by atoms with Crippen molar-refractivity contribution in [1.82, 2.24) is 4.98 Å². The molecule has 0 fully saturated rings. The minimum atomic E-state index is -0.575. The summed E-state index contributed by atoms with van der Waals surface area (Å²) in [5, 5.41) is 0. The van der Waals surface area contributed by atoms with Crippen LogP contribution in [-0.4, -0.2) is 18.2 Å². The van der Waals surface area contributed by atoms with Gasteiger partial charge in [-0.3, -0.25) is 9.37 Å². The fourth-order valence-electron chi connectivity index (χ4n) is 0.969. The van der Waals surface area contributed by atoms with Crippen LogP contribution in [0.1, 0.15) is 12.5 Å². The molecule has 1 rings (SSSR count). The quantitative estimate of drug-likeness (QED) is 0.738. The first kappa shape index (κ1) is 9.13. The molecule has 1 atom stereocenters. The van der Waals surface area contributed by atoms with Crippen LogP contribution in [0, 0.1) is 0 Å². The molecule has 0 aliphatic carbocycles. The first-order valence-corrected chi connectivity index (χ1v) is 3.89. The first-order chi connectivity index (χ1) is 5.73. The lowest BCUT2D eigenvalue weighted by Gasteiger charge is -2.23. The second kappa shape index (κ2) is 3.63. The summed E-state index contributed by atoms with van der Waals surface area (Å²) in [5.41, 5.74) is 5.76. The smallest absolute Gasteiger partial charge is 0.100 e. The van der Waals surface area contributed by atoms with Gasteiger partial charge < -0.3 is 5.73 Å². The summed E-state index contributed by atoms with van der Waals surface area (Å²) in [4.78, 5) is 3.92. The molecule has 0 amide bonds. The van der Waals surface area contributed by atoms with Crippen LogP contribution in [0.15, 0.2) is 24.5 Å². The van der Waals surface area contributed by atoms with Crippen LogP contribution in [0.25, 0.3) is 0 Å². The maximum atomic E-state index is 12.6. The Balaban J connectivity index is 2.95. The second-order valence-corrected chi connectivity index (χ2v) is 3.14. The molecule has 0 bridgehead atoms. The Bertz CT molecular complexity index is 232. The Kier molecular flexibility index (Phi) is 2.76. The minimum absolute atomic E-state index is 0.301. The van der Waals surface area contributed by atoms with Gasteiger partial charge in [0.15, 0.2) is 0 Å². The Morgan fingerprint density at radius 1 is 1.67 bits per heavy atom. The van der Waals surface area contributed by atoms with Crippen molar-refractivity contribution in [2.45, 2.75) is 12.3 Å². The normalized spacial score (nSPS) is 15.6. The summed E-state index contributed by atoms with van der Waals surface area (Å²) in [7, 11) is 0. The van der Waals surface area contributed by atoms with Crippen LogP contribution >= 0.6 is 0 Å². The van der Waals surface area contributed by atoms with Crippen molar-refractivity contribution in [3.8, 4) is 0 Å². The van der Waals surface area contributed by atoms with Crippen LogP contribution in [0.4, 0.5) is 4.39 Å². The highest BCUT2D eigenvalue weighted by Crippen LogP contribution is 2.21. The van der Waals surface area contributed by atoms with Crippen LogP contribution in [0.3, 0.4) is 0 Å². The van der Waals surface area contributed by atoms with E-state index in [2.05, 4.69) is 4.98 Å². The lowest BCUT2D eigenvalue weighted by Crippen LogP contribution is -2.34. The van der Waals surface area contributed by atoms with Gasteiger partial charge >= 0.3 is 0 Å². The Morgan fingerprint density at radius 3 is 2.83 bits per heavy atom. The monoisotopic (exact) mass is 168 g/mol. The summed E-state index contributed by atoms with van der Waals surface area (Å²) >= 11 is 0. The third kappa shape index (κ3) is 1.61. The lowest BCUT2D eigenvalue weighted by atomic mass is 9.85. The van der Waals surface area contributed by atoms with Gasteiger partial charge in [-0.2, -0.15) is 0 Å². The number of alkyl halides is 1. The number of halogens is 1. The molecule has 2 nitrogen and oxygen atoms in total. The SMILES string of the molecule is CC(CN)(CF)c1cccnc1. The molecule has 12 heavy (non-hydrogen) atoms. The van der Waals surface area contributed by atoms with Crippen LogP contribution in [0.5, 0.6) is 0 Å². The van der Waals surface area contributed by atoms with E-state index in [1.165, 1.54) is 0 Å². The number of hydrogen-bond donors (Lipinski definition) is 1. The third-order valence-electron chi connectivity index (χ3n) is 2.10. The topological polar surface area (TPSA) is 38.9 Å². The molecule has 3 heteroatoms. The van der Waals surface area contributed by atoms with Gasteiger partial charge in [0.05, 0.1) is 0 Å². The third-order valence-corrected chi connectivity index (χ3v) is 2.10. The highest BCUT2D eigenvalue weighted by molar-refractivity contribution is 5.21. The zero-order valence-electron chi connectivity index (χ0n) is 7.13. The van der Waals surface area contributed by atoms with Crippen molar-refractivity contribution in [1.29, 1.82) is 0 Å². The number of pyridine rings is 1. The van der Waals surface area contributed by atoms with Gasteiger partial charge in [-0.1, -0.05) is 13.0 Å². The zero-order chi connectivity index (χ0) is 9.03.